The van der Waals surface area contributed by atoms with Gasteiger partial charge in [0.15, 0.2) is 0 Å². The Labute approximate surface area is 88.7 Å². The van der Waals surface area contributed by atoms with E-state index in [0.717, 1.165) is 29.7 Å². The number of aromatic nitrogens is 2. The lowest BCUT2D eigenvalue weighted by Crippen LogP contribution is -2.09. The molecule has 0 aliphatic rings. The van der Waals surface area contributed by atoms with Crippen molar-refractivity contribution < 1.29 is 4.74 Å². The van der Waals surface area contributed by atoms with Gasteiger partial charge < -0.3 is 10.1 Å². The second-order valence-electron chi connectivity index (χ2n) is 3.33. The summed E-state index contributed by atoms with van der Waals surface area (Å²) < 4.78 is 5.41. The summed E-state index contributed by atoms with van der Waals surface area (Å²) in [5, 5.41) is 13.0. The van der Waals surface area contributed by atoms with Crippen molar-refractivity contribution in [2.24, 2.45) is 0 Å². The van der Waals surface area contributed by atoms with Gasteiger partial charge in [-0.3, -0.25) is 0 Å². The number of ether oxygens (including phenoxy) is 1. The minimum atomic E-state index is 0.318. The Hall–Kier alpha value is -0.680. The third-order valence-corrected chi connectivity index (χ3v) is 2.37. The fourth-order valence-corrected chi connectivity index (χ4v) is 1.57. The molecule has 1 aromatic rings. The van der Waals surface area contributed by atoms with Crippen LogP contribution in [0.2, 0.25) is 0 Å². The molecule has 0 aliphatic carbocycles. The van der Waals surface area contributed by atoms with Gasteiger partial charge in [-0.05, 0) is 27.2 Å². The normalized spacial score (nSPS) is 10.9. The molecule has 80 valence electrons. The van der Waals surface area contributed by atoms with Gasteiger partial charge in [-0.25, -0.2) is 0 Å². The average Bonchev–Trinajstić information content (AvgIpc) is 2.50. The largest absolute Gasteiger partial charge is 0.379 e. The summed E-state index contributed by atoms with van der Waals surface area (Å²) in [6, 6.07) is 0. The van der Waals surface area contributed by atoms with Crippen LogP contribution in [-0.2, 0) is 4.74 Å². The van der Waals surface area contributed by atoms with Gasteiger partial charge in [-0.2, -0.15) is 0 Å². The summed E-state index contributed by atoms with van der Waals surface area (Å²) in [4.78, 5) is 0. The zero-order valence-corrected chi connectivity index (χ0v) is 9.73. The highest BCUT2D eigenvalue weighted by molar-refractivity contribution is 7.15. The molecule has 1 rings (SSSR count). The summed E-state index contributed by atoms with van der Waals surface area (Å²) in [5.74, 6) is 0. The van der Waals surface area contributed by atoms with Crippen molar-refractivity contribution in [3.8, 4) is 0 Å². The van der Waals surface area contributed by atoms with Crippen molar-refractivity contribution in [3.63, 3.8) is 0 Å². The first-order valence-corrected chi connectivity index (χ1v) is 5.65. The van der Waals surface area contributed by atoms with Crippen molar-refractivity contribution >= 4 is 16.5 Å². The third kappa shape index (κ3) is 4.53. The van der Waals surface area contributed by atoms with Gasteiger partial charge >= 0.3 is 0 Å². The van der Waals surface area contributed by atoms with Crippen LogP contribution in [0.3, 0.4) is 0 Å². The number of rotatable bonds is 6. The molecule has 0 atom stereocenters. The summed E-state index contributed by atoms with van der Waals surface area (Å²) in [6.07, 6.45) is 1.32. The molecule has 0 radical (unpaired) electrons. The molecule has 0 unspecified atom stereocenters. The van der Waals surface area contributed by atoms with E-state index in [1.807, 2.05) is 20.8 Å². The van der Waals surface area contributed by atoms with E-state index in [1.54, 1.807) is 11.3 Å². The molecule has 0 bridgehead atoms. The maximum absolute atomic E-state index is 5.41. The van der Waals surface area contributed by atoms with Crippen LogP contribution >= 0.6 is 11.3 Å². The monoisotopic (exact) mass is 215 g/mol. The van der Waals surface area contributed by atoms with E-state index < -0.39 is 0 Å². The van der Waals surface area contributed by atoms with E-state index in [0.29, 0.717) is 6.10 Å². The predicted octanol–water partition coefficient (Wildman–Crippen LogP) is 2.07. The van der Waals surface area contributed by atoms with Crippen LogP contribution in [-0.4, -0.2) is 29.5 Å². The average molecular weight is 215 g/mol. The smallest absolute Gasteiger partial charge is 0.205 e. The Morgan fingerprint density at radius 1 is 1.43 bits per heavy atom. The van der Waals surface area contributed by atoms with E-state index in [-0.39, 0.29) is 0 Å². The van der Waals surface area contributed by atoms with Crippen LogP contribution in [0.25, 0.3) is 0 Å². The molecule has 1 N–H and O–H groups in total. The Bertz CT molecular complexity index is 262. The van der Waals surface area contributed by atoms with E-state index in [4.69, 9.17) is 4.74 Å². The number of hydrogen-bond acceptors (Lipinski definition) is 5. The number of anilines is 1. The topological polar surface area (TPSA) is 47.0 Å². The lowest BCUT2D eigenvalue weighted by molar-refractivity contribution is 0.0787. The number of nitrogens with one attached hydrogen (secondary N) is 1. The number of hydrogen-bond donors (Lipinski definition) is 1. The third-order valence-electron chi connectivity index (χ3n) is 1.57. The predicted molar refractivity (Wildman–Crippen MR) is 58.8 cm³/mol. The Morgan fingerprint density at radius 2 is 2.21 bits per heavy atom. The SMILES string of the molecule is Cc1nnc(NCCCOC(C)C)s1. The maximum atomic E-state index is 5.41. The summed E-state index contributed by atoms with van der Waals surface area (Å²) in [5.41, 5.74) is 0. The maximum Gasteiger partial charge on any atom is 0.205 e. The van der Waals surface area contributed by atoms with Crippen molar-refractivity contribution in [2.45, 2.75) is 33.3 Å². The lowest BCUT2D eigenvalue weighted by Gasteiger charge is -2.06. The molecular weight excluding hydrogens is 198 g/mol. The fraction of sp³-hybridized carbons (Fsp3) is 0.778. The van der Waals surface area contributed by atoms with Crippen LogP contribution in [0, 0.1) is 6.92 Å². The van der Waals surface area contributed by atoms with Crippen molar-refractivity contribution in [3.05, 3.63) is 5.01 Å². The van der Waals surface area contributed by atoms with Crippen LogP contribution < -0.4 is 5.32 Å². The van der Waals surface area contributed by atoms with Crippen LogP contribution in [0.4, 0.5) is 5.13 Å². The number of nitrogens with zero attached hydrogens (tertiary/aromatic N) is 2. The second kappa shape index (κ2) is 5.93. The zero-order valence-electron chi connectivity index (χ0n) is 8.91. The molecule has 1 heterocycles. The molecule has 0 saturated heterocycles. The molecule has 0 spiro atoms. The van der Waals surface area contributed by atoms with Crippen LogP contribution in [0.5, 0.6) is 0 Å². The van der Waals surface area contributed by atoms with E-state index in [1.165, 1.54) is 0 Å². The summed E-state index contributed by atoms with van der Waals surface area (Å²) >= 11 is 1.58. The first-order chi connectivity index (χ1) is 6.68. The first kappa shape index (κ1) is 11.4. The first-order valence-electron chi connectivity index (χ1n) is 4.84. The molecule has 4 nitrogen and oxygen atoms in total. The van der Waals surface area contributed by atoms with E-state index in [2.05, 4.69) is 15.5 Å². The number of aryl methyl sites for hydroxylation is 1. The molecule has 1 aromatic heterocycles. The quantitative estimate of drug-likeness (QED) is 0.738. The molecule has 0 saturated carbocycles. The molecule has 0 fully saturated rings. The molecule has 5 heteroatoms. The Kier molecular flexibility index (Phi) is 4.82. The van der Waals surface area contributed by atoms with Gasteiger partial charge in [0.1, 0.15) is 5.01 Å². The highest BCUT2D eigenvalue weighted by atomic mass is 32.1. The minimum absolute atomic E-state index is 0.318. The Balaban J connectivity index is 2.04. The summed E-state index contributed by atoms with van der Waals surface area (Å²) in [7, 11) is 0. The highest BCUT2D eigenvalue weighted by Crippen LogP contribution is 2.12. The standard InChI is InChI=1S/C9H17N3OS/c1-7(2)13-6-4-5-10-9-12-11-8(3)14-9/h7H,4-6H2,1-3H3,(H,10,12). The van der Waals surface area contributed by atoms with Gasteiger partial charge in [-0.1, -0.05) is 11.3 Å². The lowest BCUT2D eigenvalue weighted by atomic mass is 10.4. The molecule has 0 aliphatic heterocycles. The van der Waals surface area contributed by atoms with E-state index in [9.17, 15) is 0 Å². The highest BCUT2D eigenvalue weighted by Gasteiger charge is 1.98. The Morgan fingerprint density at radius 3 is 2.79 bits per heavy atom. The molecular formula is C9H17N3OS. The van der Waals surface area contributed by atoms with Gasteiger partial charge in [0.2, 0.25) is 5.13 Å². The van der Waals surface area contributed by atoms with Crippen molar-refractivity contribution in [2.75, 3.05) is 18.5 Å². The van der Waals surface area contributed by atoms with Crippen LogP contribution in [0.1, 0.15) is 25.3 Å². The van der Waals surface area contributed by atoms with Gasteiger partial charge in [0, 0.05) is 13.2 Å². The van der Waals surface area contributed by atoms with Crippen molar-refractivity contribution in [1.82, 2.24) is 10.2 Å². The van der Waals surface area contributed by atoms with E-state index >= 15 is 0 Å². The second-order valence-corrected chi connectivity index (χ2v) is 4.51. The molecule has 0 amide bonds. The molecule has 14 heavy (non-hydrogen) atoms. The fourth-order valence-electron chi connectivity index (χ4n) is 0.955. The minimum Gasteiger partial charge on any atom is -0.379 e. The van der Waals surface area contributed by atoms with Crippen molar-refractivity contribution in [1.29, 1.82) is 0 Å². The summed E-state index contributed by atoms with van der Waals surface area (Å²) in [6.45, 7) is 7.72. The molecule has 0 aromatic carbocycles. The van der Waals surface area contributed by atoms with Gasteiger partial charge in [-0.15, -0.1) is 10.2 Å². The van der Waals surface area contributed by atoms with Crippen LogP contribution in [0.15, 0.2) is 0 Å². The van der Waals surface area contributed by atoms with Gasteiger partial charge in [0.25, 0.3) is 0 Å². The zero-order chi connectivity index (χ0) is 10.4. The van der Waals surface area contributed by atoms with Gasteiger partial charge in [0.05, 0.1) is 6.10 Å².